The second-order valence-corrected chi connectivity index (χ2v) is 6.26. The maximum Gasteiger partial charge on any atom is 0.169 e. The van der Waals surface area contributed by atoms with Crippen molar-refractivity contribution in [2.24, 2.45) is 0 Å². The van der Waals surface area contributed by atoms with Crippen LogP contribution in [0.4, 0.5) is 0 Å². The molecule has 1 aromatic heterocycles. The maximum atomic E-state index is 12.9. The fourth-order valence-corrected chi connectivity index (χ4v) is 3.26. The van der Waals surface area contributed by atoms with E-state index in [9.17, 15) is 4.79 Å². The number of para-hydroxylation sites is 1. The van der Waals surface area contributed by atoms with E-state index >= 15 is 0 Å². The number of carbonyl (C=O) groups excluding carboxylic acids is 1. The minimum absolute atomic E-state index is 0.161. The number of hydrogen-bond donors (Lipinski definition) is 0. The van der Waals surface area contributed by atoms with Gasteiger partial charge in [0.25, 0.3) is 0 Å². The first-order chi connectivity index (χ1) is 12.3. The van der Waals surface area contributed by atoms with Crippen LogP contribution in [0.3, 0.4) is 0 Å². The van der Waals surface area contributed by atoms with E-state index in [-0.39, 0.29) is 5.78 Å². The van der Waals surface area contributed by atoms with Crippen molar-refractivity contribution in [2.45, 2.75) is 13.0 Å². The standard InChI is InChI=1S/C23H19NO/c25-23(15-18-9-3-1-4-10-18)21-17-24(16-19-11-5-2-6-12-19)22-14-8-7-13-20(21)22/h1-14,17H,15-16H2. The molecule has 25 heavy (non-hydrogen) atoms. The highest BCUT2D eigenvalue weighted by molar-refractivity contribution is 6.08. The number of fused-ring (bicyclic) bond motifs is 1. The molecule has 4 aromatic rings. The molecular formula is C23H19NO. The lowest BCUT2D eigenvalue weighted by Crippen LogP contribution is -2.03. The minimum atomic E-state index is 0.161. The van der Waals surface area contributed by atoms with Gasteiger partial charge in [-0.25, -0.2) is 0 Å². The van der Waals surface area contributed by atoms with Crippen LogP contribution in [0.1, 0.15) is 21.5 Å². The summed E-state index contributed by atoms with van der Waals surface area (Å²) in [7, 11) is 0. The maximum absolute atomic E-state index is 12.9. The van der Waals surface area contributed by atoms with Gasteiger partial charge in [-0.05, 0) is 17.2 Å². The third kappa shape index (κ3) is 3.24. The summed E-state index contributed by atoms with van der Waals surface area (Å²) in [4.78, 5) is 12.9. The average Bonchev–Trinajstić information content (AvgIpc) is 3.02. The van der Waals surface area contributed by atoms with Crippen molar-refractivity contribution in [3.63, 3.8) is 0 Å². The topological polar surface area (TPSA) is 22.0 Å². The van der Waals surface area contributed by atoms with Gasteiger partial charge in [-0.3, -0.25) is 4.79 Å². The molecule has 0 bridgehead atoms. The molecule has 0 amide bonds. The van der Waals surface area contributed by atoms with Crippen LogP contribution in [0.15, 0.2) is 91.1 Å². The van der Waals surface area contributed by atoms with Crippen LogP contribution in [-0.2, 0) is 13.0 Å². The van der Waals surface area contributed by atoms with Gasteiger partial charge in [0.15, 0.2) is 5.78 Å². The first-order valence-electron chi connectivity index (χ1n) is 8.50. The molecule has 0 aliphatic heterocycles. The summed E-state index contributed by atoms with van der Waals surface area (Å²) in [5.74, 6) is 0.161. The molecule has 0 N–H and O–H groups in total. The highest BCUT2D eigenvalue weighted by atomic mass is 16.1. The van der Waals surface area contributed by atoms with Crippen molar-refractivity contribution in [2.75, 3.05) is 0 Å². The second-order valence-electron chi connectivity index (χ2n) is 6.26. The van der Waals surface area contributed by atoms with Gasteiger partial charge in [0, 0.05) is 35.6 Å². The van der Waals surface area contributed by atoms with E-state index < -0.39 is 0 Å². The van der Waals surface area contributed by atoms with Gasteiger partial charge in [-0.2, -0.15) is 0 Å². The smallest absolute Gasteiger partial charge is 0.169 e. The van der Waals surface area contributed by atoms with Crippen molar-refractivity contribution >= 4 is 16.7 Å². The predicted molar refractivity (Wildman–Crippen MR) is 102 cm³/mol. The van der Waals surface area contributed by atoms with Crippen molar-refractivity contribution in [1.29, 1.82) is 0 Å². The monoisotopic (exact) mass is 325 g/mol. The Bertz CT molecular complexity index is 1000. The van der Waals surface area contributed by atoms with Crippen LogP contribution >= 0.6 is 0 Å². The largest absolute Gasteiger partial charge is 0.342 e. The molecule has 0 atom stereocenters. The predicted octanol–water partition coefficient (Wildman–Crippen LogP) is 5.12. The molecule has 122 valence electrons. The Labute approximate surface area is 147 Å². The molecule has 2 nitrogen and oxygen atoms in total. The summed E-state index contributed by atoms with van der Waals surface area (Å²) in [6, 6.07) is 28.4. The number of carbonyl (C=O) groups is 1. The molecule has 0 fully saturated rings. The van der Waals surface area contributed by atoms with Gasteiger partial charge in [-0.15, -0.1) is 0 Å². The molecule has 0 saturated carbocycles. The van der Waals surface area contributed by atoms with Gasteiger partial charge in [0.1, 0.15) is 0 Å². The highest BCUT2D eigenvalue weighted by Gasteiger charge is 2.15. The summed E-state index contributed by atoms with van der Waals surface area (Å²) >= 11 is 0. The summed E-state index contributed by atoms with van der Waals surface area (Å²) in [6.07, 6.45) is 2.43. The number of ketones is 1. The van der Waals surface area contributed by atoms with Gasteiger partial charge in [0.05, 0.1) is 0 Å². The summed E-state index contributed by atoms with van der Waals surface area (Å²) in [5.41, 5.74) is 4.18. The van der Waals surface area contributed by atoms with E-state index in [0.29, 0.717) is 6.42 Å². The summed E-state index contributed by atoms with van der Waals surface area (Å²) in [5, 5.41) is 1.03. The molecule has 1 heterocycles. The number of aromatic nitrogens is 1. The van der Waals surface area contributed by atoms with Gasteiger partial charge in [-0.1, -0.05) is 78.9 Å². The number of benzene rings is 3. The molecule has 0 aliphatic rings. The normalized spacial score (nSPS) is 10.9. The Hall–Kier alpha value is -3.13. The van der Waals surface area contributed by atoms with Crippen LogP contribution in [0, 0.1) is 0 Å². The molecule has 0 spiro atoms. The fraction of sp³-hybridized carbons (Fsp3) is 0.0870. The Morgan fingerprint density at radius 1 is 0.720 bits per heavy atom. The lowest BCUT2D eigenvalue weighted by atomic mass is 10.0. The number of hydrogen-bond acceptors (Lipinski definition) is 1. The minimum Gasteiger partial charge on any atom is -0.342 e. The van der Waals surface area contributed by atoms with Crippen molar-refractivity contribution in [1.82, 2.24) is 4.57 Å². The molecule has 0 unspecified atom stereocenters. The highest BCUT2D eigenvalue weighted by Crippen LogP contribution is 2.24. The number of rotatable bonds is 5. The van der Waals surface area contributed by atoms with Gasteiger partial charge >= 0.3 is 0 Å². The summed E-state index contributed by atoms with van der Waals surface area (Å²) in [6.45, 7) is 0.764. The first kappa shape index (κ1) is 15.4. The van der Waals surface area contributed by atoms with E-state index in [1.807, 2.05) is 72.9 Å². The molecule has 3 aromatic carbocycles. The van der Waals surface area contributed by atoms with Gasteiger partial charge < -0.3 is 4.57 Å². The zero-order chi connectivity index (χ0) is 17.1. The Morgan fingerprint density at radius 3 is 2.04 bits per heavy atom. The Morgan fingerprint density at radius 2 is 1.32 bits per heavy atom. The van der Waals surface area contributed by atoms with Crippen LogP contribution in [0.5, 0.6) is 0 Å². The van der Waals surface area contributed by atoms with E-state index in [0.717, 1.165) is 28.6 Å². The van der Waals surface area contributed by atoms with Crippen LogP contribution in [-0.4, -0.2) is 10.4 Å². The summed E-state index contributed by atoms with van der Waals surface area (Å²) < 4.78 is 2.17. The lowest BCUT2D eigenvalue weighted by molar-refractivity contribution is 0.0994. The third-order valence-corrected chi connectivity index (χ3v) is 4.49. The molecule has 0 radical (unpaired) electrons. The zero-order valence-corrected chi connectivity index (χ0v) is 13.9. The average molecular weight is 325 g/mol. The SMILES string of the molecule is O=C(Cc1ccccc1)c1cn(Cc2ccccc2)c2ccccc12. The molecule has 2 heteroatoms. The van der Waals surface area contributed by atoms with Gasteiger partial charge in [0.2, 0.25) is 0 Å². The quantitative estimate of drug-likeness (QED) is 0.467. The molecule has 0 aliphatic carbocycles. The third-order valence-electron chi connectivity index (χ3n) is 4.49. The molecular weight excluding hydrogens is 306 g/mol. The van der Waals surface area contributed by atoms with E-state index in [1.165, 1.54) is 5.56 Å². The Kier molecular flexibility index (Phi) is 4.17. The molecule has 4 rings (SSSR count). The number of nitrogens with zero attached hydrogens (tertiary/aromatic N) is 1. The lowest BCUT2D eigenvalue weighted by Gasteiger charge is -2.05. The Balaban J connectivity index is 1.71. The first-order valence-corrected chi connectivity index (χ1v) is 8.50. The second kappa shape index (κ2) is 6.78. The molecule has 0 saturated heterocycles. The van der Waals surface area contributed by atoms with E-state index in [1.54, 1.807) is 0 Å². The van der Waals surface area contributed by atoms with Crippen LogP contribution in [0.2, 0.25) is 0 Å². The van der Waals surface area contributed by atoms with E-state index in [2.05, 4.69) is 22.8 Å². The van der Waals surface area contributed by atoms with Crippen LogP contribution in [0.25, 0.3) is 10.9 Å². The fourth-order valence-electron chi connectivity index (χ4n) is 3.26. The zero-order valence-electron chi connectivity index (χ0n) is 13.9. The van der Waals surface area contributed by atoms with Crippen LogP contribution < -0.4 is 0 Å². The number of Topliss-reactive ketones (excluding diaryl/α,β-unsaturated/α-hetero) is 1. The van der Waals surface area contributed by atoms with E-state index in [4.69, 9.17) is 0 Å². The van der Waals surface area contributed by atoms with Crippen molar-refractivity contribution in [3.05, 3.63) is 108 Å². The van der Waals surface area contributed by atoms with Crippen molar-refractivity contribution in [3.8, 4) is 0 Å². The van der Waals surface area contributed by atoms with Crippen molar-refractivity contribution < 1.29 is 4.79 Å².